The van der Waals surface area contributed by atoms with Crippen LogP contribution in [0.5, 0.6) is 0 Å². The van der Waals surface area contributed by atoms with Crippen molar-refractivity contribution in [1.82, 2.24) is 15.4 Å². The summed E-state index contributed by atoms with van der Waals surface area (Å²) in [6, 6.07) is 16.4. The van der Waals surface area contributed by atoms with Crippen molar-refractivity contribution in [2.75, 3.05) is 19.6 Å². The first-order chi connectivity index (χ1) is 14.6. The van der Waals surface area contributed by atoms with Crippen LogP contribution in [0.2, 0.25) is 0 Å². The van der Waals surface area contributed by atoms with Crippen molar-refractivity contribution in [2.24, 2.45) is 0 Å². The highest BCUT2D eigenvalue weighted by Gasteiger charge is 2.17. The molecule has 1 aromatic heterocycles. The molecule has 6 heteroatoms. The Morgan fingerprint density at radius 3 is 2.70 bits per heavy atom. The molecule has 1 aliphatic heterocycles. The Bertz CT molecular complexity index is 1010. The SMILES string of the molecule is Cc1noc(C)c1CSc1ccccc1C(=O)NCCN1CCc2ccccc2C1. The maximum Gasteiger partial charge on any atom is 0.252 e. The van der Waals surface area contributed by atoms with Gasteiger partial charge in [-0.25, -0.2) is 0 Å². The van der Waals surface area contributed by atoms with Crippen molar-refractivity contribution in [3.05, 3.63) is 82.2 Å². The summed E-state index contributed by atoms with van der Waals surface area (Å²) in [6.45, 7) is 7.36. The molecule has 0 spiro atoms. The molecule has 0 saturated heterocycles. The molecule has 1 N–H and O–H groups in total. The molecule has 0 bridgehead atoms. The van der Waals surface area contributed by atoms with Gasteiger partial charge in [0.1, 0.15) is 5.76 Å². The Hall–Kier alpha value is -2.57. The van der Waals surface area contributed by atoms with Crippen molar-refractivity contribution in [1.29, 1.82) is 0 Å². The van der Waals surface area contributed by atoms with Crippen LogP contribution >= 0.6 is 11.8 Å². The van der Waals surface area contributed by atoms with Gasteiger partial charge in [0, 0.05) is 42.4 Å². The van der Waals surface area contributed by atoms with Gasteiger partial charge in [-0.15, -0.1) is 11.8 Å². The molecule has 1 amide bonds. The summed E-state index contributed by atoms with van der Waals surface area (Å²) in [7, 11) is 0. The molecule has 5 nitrogen and oxygen atoms in total. The number of rotatable bonds is 7. The highest BCUT2D eigenvalue weighted by Crippen LogP contribution is 2.28. The van der Waals surface area contributed by atoms with E-state index in [-0.39, 0.29) is 5.91 Å². The summed E-state index contributed by atoms with van der Waals surface area (Å²) in [5, 5.41) is 7.11. The molecule has 3 aromatic rings. The molecule has 0 atom stereocenters. The average Bonchev–Trinajstić information content (AvgIpc) is 3.09. The van der Waals surface area contributed by atoms with Gasteiger partial charge in [0.25, 0.3) is 5.91 Å². The van der Waals surface area contributed by atoms with E-state index in [9.17, 15) is 4.79 Å². The first-order valence-electron chi connectivity index (χ1n) is 10.3. The van der Waals surface area contributed by atoms with E-state index in [1.165, 1.54) is 11.1 Å². The van der Waals surface area contributed by atoms with Gasteiger partial charge in [-0.2, -0.15) is 0 Å². The van der Waals surface area contributed by atoms with E-state index in [1.807, 2.05) is 38.1 Å². The summed E-state index contributed by atoms with van der Waals surface area (Å²) in [4.78, 5) is 16.2. The largest absolute Gasteiger partial charge is 0.361 e. The minimum atomic E-state index is -0.0192. The van der Waals surface area contributed by atoms with E-state index in [4.69, 9.17) is 4.52 Å². The van der Waals surface area contributed by atoms with Gasteiger partial charge >= 0.3 is 0 Å². The molecule has 30 heavy (non-hydrogen) atoms. The minimum absolute atomic E-state index is 0.0192. The molecule has 0 radical (unpaired) electrons. The third-order valence-electron chi connectivity index (χ3n) is 5.61. The van der Waals surface area contributed by atoms with Crippen molar-refractivity contribution < 1.29 is 9.32 Å². The van der Waals surface area contributed by atoms with E-state index in [1.54, 1.807) is 11.8 Å². The summed E-state index contributed by atoms with van der Waals surface area (Å²) in [5.74, 6) is 1.55. The molecular weight excluding hydrogens is 394 g/mol. The number of amides is 1. The quantitative estimate of drug-likeness (QED) is 0.574. The average molecular weight is 422 g/mol. The number of carbonyl (C=O) groups is 1. The number of nitrogens with zero attached hydrogens (tertiary/aromatic N) is 2. The fraction of sp³-hybridized carbons (Fsp3) is 0.333. The molecule has 4 rings (SSSR count). The van der Waals surface area contributed by atoms with Gasteiger partial charge in [-0.1, -0.05) is 41.6 Å². The van der Waals surface area contributed by atoms with E-state index >= 15 is 0 Å². The van der Waals surface area contributed by atoms with Crippen molar-refractivity contribution in [3.8, 4) is 0 Å². The van der Waals surface area contributed by atoms with Crippen LogP contribution in [0.15, 0.2) is 57.9 Å². The number of nitrogens with one attached hydrogen (secondary N) is 1. The predicted octanol–water partition coefficient (Wildman–Crippen LogP) is 4.37. The Morgan fingerprint density at radius 1 is 1.13 bits per heavy atom. The number of hydrogen-bond donors (Lipinski definition) is 1. The van der Waals surface area contributed by atoms with Gasteiger partial charge in [0.05, 0.1) is 11.3 Å². The normalized spacial score (nSPS) is 13.8. The lowest BCUT2D eigenvalue weighted by Crippen LogP contribution is -2.37. The van der Waals surface area contributed by atoms with Crippen LogP contribution in [0.25, 0.3) is 0 Å². The van der Waals surface area contributed by atoms with Crippen LogP contribution in [0, 0.1) is 13.8 Å². The van der Waals surface area contributed by atoms with Crippen LogP contribution in [-0.2, 0) is 18.7 Å². The summed E-state index contributed by atoms with van der Waals surface area (Å²) >= 11 is 1.64. The second-order valence-corrected chi connectivity index (χ2v) is 8.66. The molecule has 0 unspecified atom stereocenters. The Labute approximate surface area is 181 Å². The molecule has 1 aliphatic rings. The van der Waals surface area contributed by atoms with Crippen LogP contribution in [0.4, 0.5) is 0 Å². The lowest BCUT2D eigenvalue weighted by atomic mass is 10.00. The second kappa shape index (κ2) is 9.49. The summed E-state index contributed by atoms with van der Waals surface area (Å²) in [5.41, 5.74) is 5.57. The zero-order valence-electron chi connectivity index (χ0n) is 17.5. The Kier molecular flexibility index (Phi) is 6.55. The number of hydrogen-bond acceptors (Lipinski definition) is 5. The predicted molar refractivity (Wildman–Crippen MR) is 120 cm³/mol. The van der Waals surface area contributed by atoms with Gasteiger partial charge in [-0.3, -0.25) is 9.69 Å². The molecule has 0 saturated carbocycles. The van der Waals surface area contributed by atoms with Crippen LogP contribution in [0.3, 0.4) is 0 Å². The lowest BCUT2D eigenvalue weighted by Gasteiger charge is -2.28. The number of thioether (sulfide) groups is 1. The fourth-order valence-corrected chi connectivity index (χ4v) is 5.01. The maximum absolute atomic E-state index is 12.8. The van der Waals surface area contributed by atoms with Gasteiger partial charge < -0.3 is 9.84 Å². The second-order valence-electron chi connectivity index (χ2n) is 7.64. The van der Waals surface area contributed by atoms with Gasteiger partial charge in [0.2, 0.25) is 0 Å². The summed E-state index contributed by atoms with van der Waals surface area (Å²) in [6.07, 6.45) is 1.07. The summed E-state index contributed by atoms with van der Waals surface area (Å²) < 4.78 is 5.25. The zero-order valence-corrected chi connectivity index (χ0v) is 18.3. The van der Waals surface area contributed by atoms with Gasteiger partial charge in [0.15, 0.2) is 0 Å². The van der Waals surface area contributed by atoms with E-state index in [0.29, 0.717) is 6.54 Å². The van der Waals surface area contributed by atoms with E-state index in [0.717, 1.165) is 59.3 Å². The van der Waals surface area contributed by atoms with Gasteiger partial charge in [-0.05, 0) is 43.5 Å². The highest BCUT2D eigenvalue weighted by molar-refractivity contribution is 7.98. The molecule has 0 fully saturated rings. The first kappa shape index (κ1) is 20.7. The number of aryl methyl sites for hydroxylation is 2. The first-order valence-corrected chi connectivity index (χ1v) is 11.3. The van der Waals surface area contributed by atoms with Crippen LogP contribution < -0.4 is 5.32 Å². The standard InChI is InChI=1S/C24H27N3O2S/c1-17-22(18(2)29-26-17)16-30-23-10-6-5-9-21(23)24(28)25-12-14-27-13-11-19-7-3-4-8-20(19)15-27/h3-10H,11-16H2,1-2H3,(H,25,28). The molecule has 0 aliphatic carbocycles. The Morgan fingerprint density at radius 2 is 1.90 bits per heavy atom. The monoisotopic (exact) mass is 421 g/mol. The van der Waals surface area contributed by atoms with Crippen LogP contribution in [0.1, 0.15) is 38.5 Å². The van der Waals surface area contributed by atoms with E-state index in [2.05, 4.69) is 39.6 Å². The zero-order chi connectivity index (χ0) is 20.9. The topological polar surface area (TPSA) is 58.4 Å². The molecule has 2 aromatic carbocycles. The number of benzene rings is 2. The third-order valence-corrected chi connectivity index (χ3v) is 6.71. The van der Waals surface area contributed by atoms with Crippen molar-refractivity contribution in [3.63, 3.8) is 0 Å². The van der Waals surface area contributed by atoms with E-state index < -0.39 is 0 Å². The number of fused-ring (bicyclic) bond motifs is 1. The molecular formula is C24H27N3O2S. The fourth-order valence-electron chi connectivity index (χ4n) is 3.81. The maximum atomic E-state index is 12.8. The third kappa shape index (κ3) is 4.77. The smallest absolute Gasteiger partial charge is 0.252 e. The molecule has 156 valence electrons. The minimum Gasteiger partial charge on any atom is -0.361 e. The number of carbonyl (C=O) groups excluding carboxylic acids is 1. The molecule has 2 heterocycles. The van der Waals surface area contributed by atoms with Crippen molar-refractivity contribution in [2.45, 2.75) is 37.5 Å². The Balaban J connectivity index is 1.32. The lowest BCUT2D eigenvalue weighted by molar-refractivity contribution is 0.0944. The highest BCUT2D eigenvalue weighted by atomic mass is 32.2. The van der Waals surface area contributed by atoms with Crippen molar-refractivity contribution >= 4 is 17.7 Å². The number of aromatic nitrogens is 1. The van der Waals surface area contributed by atoms with Crippen LogP contribution in [-0.4, -0.2) is 35.6 Å².